The zero-order chi connectivity index (χ0) is 18.6. The molecule has 1 heterocycles. The lowest BCUT2D eigenvalue weighted by molar-refractivity contribution is -0.126. The Morgan fingerprint density at radius 1 is 1.15 bits per heavy atom. The summed E-state index contributed by atoms with van der Waals surface area (Å²) < 4.78 is 27.4. The van der Waals surface area contributed by atoms with Crippen LogP contribution in [0.3, 0.4) is 0 Å². The Morgan fingerprint density at radius 2 is 1.92 bits per heavy atom. The van der Waals surface area contributed by atoms with E-state index in [0.717, 1.165) is 44.1 Å². The molecule has 7 heteroatoms. The van der Waals surface area contributed by atoms with E-state index < -0.39 is 10.0 Å². The summed E-state index contributed by atoms with van der Waals surface area (Å²) in [5.41, 5.74) is 6.43. The van der Waals surface area contributed by atoms with E-state index in [9.17, 15) is 13.2 Å². The van der Waals surface area contributed by atoms with Crippen LogP contribution in [0.4, 0.5) is 0 Å². The first-order chi connectivity index (χ1) is 12.5. The number of nitrogens with one attached hydrogen (secondary N) is 1. The van der Waals surface area contributed by atoms with Gasteiger partial charge in [0.2, 0.25) is 15.9 Å². The fourth-order valence-corrected chi connectivity index (χ4v) is 5.54. The van der Waals surface area contributed by atoms with Gasteiger partial charge >= 0.3 is 0 Å². The highest BCUT2D eigenvalue weighted by Gasteiger charge is 2.32. The monoisotopic (exact) mass is 379 g/mol. The molecule has 1 aromatic carbocycles. The first-order valence-corrected chi connectivity index (χ1v) is 11.0. The molecule has 0 bridgehead atoms. The number of nitrogens with zero attached hydrogens (tertiary/aromatic N) is 1. The van der Waals surface area contributed by atoms with Crippen LogP contribution in [-0.4, -0.2) is 37.8 Å². The second-order valence-electron chi connectivity index (χ2n) is 7.40. The maximum atomic E-state index is 13.0. The molecule has 1 atom stereocenters. The van der Waals surface area contributed by atoms with E-state index in [1.165, 1.54) is 10.7 Å². The van der Waals surface area contributed by atoms with Gasteiger partial charge in [-0.1, -0.05) is 31.4 Å². The maximum Gasteiger partial charge on any atom is 0.243 e. The number of piperidine rings is 1. The van der Waals surface area contributed by atoms with E-state index in [4.69, 9.17) is 5.73 Å². The Balaban J connectivity index is 1.66. The van der Waals surface area contributed by atoms with Crippen molar-refractivity contribution in [3.8, 4) is 0 Å². The number of rotatable bonds is 5. The molecule has 0 unspecified atom stereocenters. The van der Waals surface area contributed by atoms with Crippen LogP contribution in [0.5, 0.6) is 0 Å². The van der Waals surface area contributed by atoms with Crippen molar-refractivity contribution in [3.63, 3.8) is 0 Å². The molecule has 6 nitrogen and oxygen atoms in total. The van der Waals surface area contributed by atoms with Crippen molar-refractivity contribution in [2.24, 2.45) is 11.7 Å². The first-order valence-electron chi connectivity index (χ1n) is 9.60. The van der Waals surface area contributed by atoms with E-state index in [2.05, 4.69) is 5.32 Å². The molecule has 26 heavy (non-hydrogen) atoms. The summed E-state index contributed by atoms with van der Waals surface area (Å²) in [6, 6.07) is 6.69. The van der Waals surface area contributed by atoms with Crippen molar-refractivity contribution in [2.75, 3.05) is 13.1 Å². The Bertz CT molecular complexity index is 729. The fourth-order valence-electron chi connectivity index (χ4n) is 3.94. The van der Waals surface area contributed by atoms with E-state index in [0.29, 0.717) is 19.6 Å². The molecule has 1 aliphatic carbocycles. The van der Waals surface area contributed by atoms with E-state index in [1.807, 2.05) is 6.07 Å². The number of hydrogen-bond donors (Lipinski definition) is 2. The van der Waals surface area contributed by atoms with Gasteiger partial charge < -0.3 is 11.1 Å². The molecule has 0 spiro atoms. The number of carbonyl (C=O) groups is 1. The molecule has 1 amide bonds. The predicted octanol–water partition coefficient (Wildman–Crippen LogP) is 1.99. The molecule has 3 rings (SSSR count). The second-order valence-corrected chi connectivity index (χ2v) is 9.34. The highest BCUT2D eigenvalue weighted by Crippen LogP contribution is 2.25. The van der Waals surface area contributed by atoms with Crippen LogP contribution in [-0.2, 0) is 21.4 Å². The highest BCUT2D eigenvalue weighted by atomic mass is 32.2. The molecule has 0 aromatic heterocycles. The van der Waals surface area contributed by atoms with Crippen LogP contribution >= 0.6 is 0 Å². The first kappa shape index (κ1) is 19.3. The molecule has 1 saturated carbocycles. The fraction of sp³-hybridized carbons (Fsp3) is 0.632. The van der Waals surface area contributed by atoms with Gasteiger partial charge in [0.1, 0.15) is 0 Å². The van der Waals surface area contributed by atoms with Crippen molar-refractivity contribution < 1.29 is 13.2 Å². The SMILES string of the molecule is NCc1cccc(S(=O)(=O)N2CCC[C@H](NC(=O)C3CCCCC3)C2)c1. The zero-order valence-electron chi connectivity index (χ0n) is 15.2. The Labute approximate surface area is 156 Å². The molecule has 3 N–H and O–H groups in total. The van der Waals surface area contributed by atoms with Gasteiger partial charge in [0.25, 0.3) is 0 Å². The molecule has 2 aliphatic rings. The van der Waals surface area contributed by atoms with Crippen LogP contribution in [0.2, 0.25) is 0 Å². The molecular weight excluding hydrogens is 350 g/mol. The van der Waals surface area contributed by atoms with Crippen LogP contribution in [0.1, 0.15) is 50.5 Å². The van der Waals surface area contributed by atoms with Crippen molar-refractivity contribution in [1.29, 1.82) is 0 Å². The second kappa shape index (κ2) is 8.50. The van der Waals surface area contributed by atoms with Crippen LogP contribution < -0.4 is 11.1 Å². The molecule has 1 saturated heterocycles. The molecule has 0 radical (unpaired) electrons. The average molecular weight is 380 g/mol. The van der Waals surface area contributed by atoms with Crippen molar-refractivity contribution in [2.45, 2.75) is 62.4 Å². The Kier molecular flexibility index (Phi) is 6.32. The standard InChI is InChI=1S/C19H29N3O3S/c20-13-15-6-4-10-18(12-15)26(24,25)22-11-5-9-17(14-22)21-19(23)16-7-2-1-3-8-16/h4,6,10,12,16-17H,1-3,5,7-9,11,13-14,20H2,(H,21,23)/t17-/m0/s1. The average Bonchev–Trinajstić information content (AvgIpc) is 2.69. The largest absolute Gasteiger partial charge is 0.352 e. The predicted molar refractivity (Wildman–Crippen MR) is 101 cm³/mol. The summed E-state index contributed by atoms with van der Waals surface area (Å²) in [7, 11) is -3.56. The highest BCUT2D eigenvalue weighted by molar-refractivity contribution is 7.89. The summed E-state index contributed by atoms with van der Waals surface area (Å²) in [6.07, 6.45) is 6.92. The van der Waals surface area contributed by atoms with Gasteiger partial charge in [0.15, 0.2) is 0 Å². The van der Waals surface area contributed by atoms with Crippen molar-refractivity contribution in [1.82, 2.24) is 9.62 Å². The van der Waals surface area contributed by atoms with Gasteiger partial charge in [-0.15, -0.1) is 0 Å². The summed E-state index contributed by atoms with van der Waals surface area (Å²) >= 11 is 0. The van der Waals surface area contributed by atoms with Gasteiger partial charge in [0.05, 0.1) is 4.90 Å². The Hall–Kier alpha value is -1.44. The smallest absolute Gasteiger partial charge is 0.243 e. The van der Waals surface area contributed by atoms with Gasteiger partial charge in [-0.3, -0.25) is 4.79 Å². The van der Waals surface area contributed by atoms with E-state index in [-0.39, 0.29) is 22.8 Å². The van der Waals surface area contributed by atoms with E-state index >= 15 is 0 Å². The Morgan fingerprint density at radius 3 is 2.65 bits per heavy atom. The minimum absolute atomic E-state index is 0.0944. The van der Waals surface area contributed by atoms with E-state index in [1.54, 1.807) is 18.2 Å². The third-order valence-corrected chi connectivity index (χ3v) is 7.34. The van der Waals surface area contributed by atoms with Gasteiger partial charge in [-0.05, 0) is 43.4 Å². The number of carbonyl (C=O) groups excluding carboxylic acids is 1. The lowest BCUT2D eigenvalue weighted by Crippen LogP contribution is -2.50. The number of nitrogens with two attached hydrogens (primary N) is 1. The maximum absolute atomic E-state index is 13.0. The van der Waals surface area contributed by atoms with Gasteiger partial charge in [0, 0.05) is 31.6 Å². The number of amides is 1. The zero-order valence-corrected chi connectivity index (χ0v) is 16.0. The van der Waals surface area contributed by atoms with Crippen molar-refractivity contribution >= 4 is 15.9 Å². The molecule has 2 fully saturated rings. The van der Waals surface area contributed by atoms with Gasteiger partial charge in [-0.25, -0.2) is 8.42 Å². The minimum Gasteiger partial charge on any atom is -0.352 e. The summed E-state index contributed by atoms with van der Waals surface area (Å²) in [6.45, 7) is 1.14. The number of sulfonamides is 1. The number of benzene rings is 1. The normalized spacial score (nSPS) is 22.9. The van der Waals surface area contributed by atoms with Gasteiger partial charge in [-0.2, -0.15) is 4.31 Å². The van der Waals surface area contributed by atoms with Crippen LogP contribution in [0.25, 0.3) is 0 Å². The summed E-state index contributed by atoms with van der Waals surface area (Å²) in [4.78, 5) is 12.8. The third-order valence-electron chi connectivity index (χ3n) is 5.48. The molecule has 1 aliphatic heterocycles. The van der Waals surface area contributed by atoms with Crippen LogP contribution in [0, 0.1) is 5.92 Å². The van der Waals surface area contributed by atoms with Crippen LogP contribution in [0.15, 0.2) is 29.2 Å². The number of hydrogen-bond acceptors (Lipinski definition) is 4. The minimum atomic E-state index is -3.56. The van der Waals surface area contributed by atoms with Crippen molar-refractivity contribution in [3.05, 3.63) is 29.8 Å². The molecule has 144 valence electrons. The lowest BCUT2D eigenvalue weighted by atomic mass is 9.88. The topological polar surface area (TPSA) is 92.5 Å². The third kappa shape index (κ3) is 4.45. The summed E-state index contributed by atoms with van der Waals surface area (Å²) in [5, 5.41) is 3.10. The molecular formula is C19H29N3O3S. The lowest BCUT2D eigenvalue weighted by Gasteiger charge is -2.33. The molecule has 1 aromatic rings. The quantitative estimate of drug-likeness (QED) is 0.818. The summed E-state index contributed by atoms with van der Waals surface area (Å²) in [5.74, 6) is 0.191.